The van der Waals surface area contributed by atoms with Gasteiger partial charge in [0.05, 0.1) is 5.69 Å². The van der Waals surface area contributed by atoms with Crippen LogP contribution in [0.3, 0.4) is 0 Å². The number of halogens is 13. The van der Waals surface area contributed by atoms with Gasteiger partial charge in [0.2, 0.25) is 0 Å². The summed E-state index contributed by atoms with van der Waals surface area (Å²) >= 11 is 0. The van der Waals surface area contributed by atoms with E-state index >= 15 is 0 Å². The molecule has 0 radical (unpaired) electrons. The lowest BCUT2D eigenvalue weighted by atomic mass is 9.93. The van der Waals surface area contributed by atoms with E-state index in [9.17, 15) is 61.9 Å². The molecule has 33 heavy (non-hydrogen) atoms. The van der Waals surface area contributed by atoms with Crippen LogP contribution in [-0.4, -0.2) is 73.0 Å². The average molecular weight is 508 g/mol. The number of piperazine rings is 1. The fourth-order valence-electron chi connectivity index (χ4n) is 2.93. The van der Waals surface area contributed by atoms with E-state index in [1.54, 1.807) is 0 Å². The summed E-state index contributed by atoms with van der Waals surface area (Å²) in [5.41, 5.74) is -0.0814. The maximum Gasteiger partial charge on any atom is 0.392 e. The van der Waals surface area contributed by atoms with Gasteiger partial charge in [-0.25, -0.2) is 13.2 Å². The predicted octanol–water partition coefficient (Wildman–Crippen LogP) is 4.92. The van der Waals surface area contributed by atoms with Gasteiger partial charge in [-0.15, -0.1) is 0 Å². The van der Waals surface area contributed by atoms with Gasteiger partial charge in [0.25, 0.3) is 5.91 Å². The summed E-state index contributed by atoms with van der Waals surface area (Å²) < 4.78 is 173. The summed E-state index contributed by atoms with van der Waals surface area (Å²) in [5, 5.41) is 0. The molecule has 2 rings (SSSR count). The first-order valence-electron chi connectivity index (χ1n) is 8.80. The van der Waals surface area contributed by atoms with Crippen molar-refractivity contribution in [1.82, 2.24) is 4.90 Å². The topological polar surface area (TPSA) is 23.6 Å². The lowest BCUT2D eigenvalue weighted by molar-refractivity contribution is -0.407. The van der Waals surface area contributed by atoms with Gasteiger partial charge in [0, 0.05) is 26.2 Å². The van der Waals surface area contributed by atoms with Crippen LogP contribution in [0.5, 0.6) is 0 Å². The molecule has 1 aliphatic rings. The summed E-state index contributed by atoms with van der Waals surface area (Å²) in [5.74, 6) is -40.7. The number of amides is 1. The maximum absolute atomic E-state index is 14.0. The third-order valence-electron chi connectivity index (χ3n) is 4.90. The fraction of sp³-hybridized carbons (Fsp3) is 0.588. The number of hydrogen-bond acceptors (Lipinski definition) is 2. The van der Waals surface area contributed by atoms with Crippen LogP contribution in [0, 0.1) is 5.82 Å². The third-order valence-corrected chi connectivity index (χ3v) is 4.90. The molecule has 1 aliphatic heterocycles. The van der Waals surface area contributed by atoms with Gasteiger partial charge < -0.3 is 9.80 Å². The second kappa shape index (κ2) is 8.42. The zero-order chi connectivity index (χ0) is 25.6. The van der Waals surface area contributed by atoms with E-state index in [4.69, 9.17) is 0 Å². The van der Waals surface area contributed by atoms with Crippen molar-refractivity contribution in [3.63, 3.8) is 0 Å². The molecule has 188 valence electrons. The van der Waals surface area contributed by atoms with Crippen LogP contribution >= 0.6 is 0 Å². The van der Waals surface area contributed by atoms with E-state index in [1.165, 1.54) is 23.1 Å². The molecule has 3 nitrogen and oxygen atoms in total. The SMILES string of the molecule is O=C(N1CCN(c2ccccc2F)CC1)C(F)(F)C(F)(F)C(F)(F)C(F)(F)C(F)(F)C(F)F. The smallest absolute Gasteiger partial charge is 0.366 e. The highest BCUT2D eigenvalue weighted by Crippen LogP contribution is 2.58. The fourth-order valence-corrected chi connectivity index (χ4v) is 2.93. The quantitative estimate of drug-likeness (QED) is 0.489. The first-order valence-corrected chi connectivity index (χ1v) is 8.80. The number of rotatable bonds is 7. The molecule has 1 saturated heterocycles. The van der Waals surface area contributed by atoms with E-state index in [1.807, 2.05) is 0 Å². The van der Waals surface area contributed by atoms with Gasteiger partial charge in [-0.05, 0) is 12.1 Å². The second-order valence-corrected chi connectivity index (χ2v) is 6.95. The Morgan fingerprint density at radius 1 is 0.758 bits per heavy atom. The monoisotopic (exact) mass is 508 g/mol. The summed E-state index contributed by atoms with van der Waals surface area (Å²) in [4.78, 5) is 12.8. The average Bonchev–Trinajstić information content (AvgIpc) is 2.73. The van der Waals surface area contributed by atoms with Crippen LogP contribution in [0.1, 0.15) is 0 Å². The highest BCUT2D eigenvalue weighted by atomic mass is 19.4. The molecule has 0 N–H and O–H groups in total. The molecule has 0 aliphatic carbocycles. The molecule has 0 spiro atoms. The lowest BCUT2D eigenvalue weighted by Crippen LogP contribution is -2.71. The van der Waals surface area contributed by atoms with Crippen LogP contribution in [-0.2, 0) is 4.79 Å². The molecule has 0 unspecified atom stereocenters. The molecule has 1 aromatic rings. The van der Waals surface area contributed by atoms with Crippen LogP contribution in [0.2, 0.25) is 0 Å². The molecule has 1 heterocycles. The first-order chi connectivity index (χ1) is 14.8. The Hall–Kier alpha value is -2.42. The van der Waals surface area contributed by atoms with Crippen LogP contribution < -0.4 is 4.90 Å². The molecule has 1 fully saturated rings. The Balaban J connectivity index is 2.27. The van der Waals surface area contributed by atoms with Crippen molar-refractivity contribution in [2.75, 3.05) is 31.1 Å². The lowest BCUT2D eigenvalue weighted by Gasteiger charge is -2.41. The maximum atomic E-state index is 14.0. The van der Waals surface area contributed by atoms with Crippen molar-refractivity contribution >= 4 is 11.6 Å². The Morgan fingerprint density at radius 3 is 1.70 bits per heavy atom. The van der Waals surface area contributed by atoms with E-state index < -0.39 is 73.9 Å². The third kappa shape index (κ3) is 4.05. The van der Waals surface area contributed by atoms with Crippen molar-refractivity contribution in [1.29, 1.82) is 0 Å². The van der Waals surface area contributed by atoms with Gasteiger partial charge in [-0.3, -0.25) is 4.79 Å². The number of alkyl halides is 12. The molecular weight excluding hydrogens is 495 g/mol. The normalized spacial score (nSPS) is 17.0. The molecule has 1 aromatic carbocycles. The van der Waals surface area contributed by atoms with E-state index in [-0.39, 0.29) is 10.6 Å². The highest BCUT2D eigenvalue weighted by molar-refractivity contribution is 5.85. The molecule has 0 aromatic heterocycles. The van der Waals surface area contributed by atoms with Crippen molar-refractivity contribution in [3.8, 4) is 0 Å². The molecular formula is C17H13F13N2O. The number of anilines is 1. The van der Waals surface area contributed by atoms with Crippen molar-refractivity contribution < 1.29 is 61.9 Å². The summed E-state index contributed by atoms with van der Waals surface area (Å²) in [6.07, 6.45) is -5.62. The number of carbonyl (C=O) groups excluding carboxylic acids is 1. The Kier molecular flexibility index (Phi) is 6.84. The van der Waals surface area contributed by atoms with Crippen LogP contribution in [0.25, 0.3) is 0 Å². The van der Waals surface area contributed by atoms with Gasteiger partial charge >= 0.3 is 36.0 Å². The van der Waals surface area contributed by atoms with Gasteiger partial charge in [-0.1, -0.05) is 12.1 Å². The van der Waals surface area contributed by atoms with Gasteiger partial charge in [0.1, 0.15) is 5.82 Å². The Bertz CT molecular complexity index is 866. The standard InChI is InChI=1S/C17H13F13N2O/c18-9-3-1-2-4-10(9)31-5-7-32(8-6-31)12(33)14(23,24)16(27,28)17(29,30)15(25,26)13(21,22)11(19)20/h1-4,11H,5-8H2. The second-order valence-electron chi connectivity index (χ2n) is 6.95. The first kappa shape index (κ1) is 26.8. The van der Waals surface area contributed by atoms with Crippen molar-refractivity contribution in [2.24, 2.45) is 0 Å². The van der Waals surface area contributed by atoms with E-state index in [0.717, 1.165) is 6.07 Å². The van der Waals surface area contributed by atoms with Gasteiger partial charge in [-0.2, -0.15) is 43.9 Å². The number of benzene rings is 1. The molecule has 16 heteroatoms. The number of nitrogens with zero attached hydrogens (tertiary/aromatic N) is 2. The minimum Gasteiger partial charge on any atom is -0.366 e. The minimum atomic E-state index is -7.77. The molecule has 0 atom stereocenters. The predicted molar refractivity (Wildman–Crippen MR) is 85.9 cm³/mol. The number of para-hydroxylation sites is 1. The van der Waals surface area contributed by atoms with E-state index in [2.05, 4.69) is 0 Å². The summed E-state index contributed by atoms with van der Waals surface area (Å²) in [6.45, 7) is -2.75. The van der Waals surface area contributed by atoms with Crippen LogP contribution in [0.15, 0.2) is 24.3 Å². The number of hydrogen-bond donors (Lipinski definition) is 0. The summed E-state index contributed by atoms with van der Waals surface area (Å²) in [6, 6.07) is 4.93. The Labute approximate surface area is 176 Å². The molecule has 0 saturated carbocycles. The van der Waals surface area contributed by atoms with Crippen molar-refractivity contribution in [3.05, 3.63) is 30.1 Å². The molecule has 1 amide bonds. The summed E-state index contributed by atoms with van der Waals surface area (Å²) in [7, 11) is 0. The van der Waals surface area contributed by atoms with Crippen molar-refractivity contribution in [2.45, 2.75) is 36.0 Å². The number of carbonyl (C=O) groups is 1. The molecule has 0 bridgehead atoms. The van der Waals surface area contributed by atoms with Crippen LogP contribution in [0.4, 0.5) is 62.8 Å². The van der Waals surface area contributed by atoms with E-state index in [0.29, 0.717) is 0 Å². The largest absolute Gasteiger partial charge is 0.392 e. The highest BCUT2D eigenvalue weighted by Gasteiger charge is 2.89. The van der Waals surface area contributed by atoms with Gasteiger partial charge in [0.15, 0.2) is 0 Å². The Morgan fingerprint density at radius 2 is 1.24 bits per heavy atom. The zero-order valence-electron chi connectivity index (χ0n) is 15.9. The minimum absolute atomic E-state index is 0.0814. The zero-order valence-corrected chi connectivity index (χ0v) is 15.9.